The second-order valence-electron chi connectivity index (χ2n) is 14.8. The van der Waals surface area contributed by atoms with Gasteiger partial charge in [-0.3, -0.25) is 0 Å². The van der Waals surface area contributed by atoms with E-state index in [-0.39, 0.29) is 0 Å². The Morgan fingerprint density at radius 2 is 0.492 bits per heavy atom. The number of rotatable bonds is 9. The molecule has 0 aromatic heterocycles. The molecule has 0 fully saturated rings. The van der Waals surface area contributed by atoms with Crippen LogP contribution in [-0.2, 0) is 0 Å². The summed E-state index contributed by atoms with van der Waals surface area (Å²) in [6.07, 6.45) is 0. The Kier molecular flexibility index (Phi) is 9.68. The lowest BCUT2D eigenvalue weighted by Crippen LogP contribution is -2.13. The summed E-state index contributed by atoms with van der Waals surface area (Å²) < 4.78 is 0. The molecule has 1 heteroatoms. The maximum Gasteiger partial charge on any atom is 0.0540 e. The third-order valence-electron chi connectivity index (χ3n) is 11.3. The van der Waals surface area contributed by atoms with Crippen LogP contribution in [0.1, 0.15) is 0 Å². The third-order valence-corrected chi connectivity index (χ3v) is 11.3. The molecule has 278 valence electrons. The maximum absolute atomic E-state index is 2.49. The zero-order valence-corrected chi connectivity index (χ0v) is 32.6. The first-order valence-electron chi connectivity index (χ1n) is 20.3. The predicted molar refractivity (Wildman–Crippen MR) is 251 cm³/mol. The fourth-order valence-corrected chi connectivity index (χ4v) is 8.48. The van der Waals surface area contributed by atoms with Gasteiger partial charge in [-0.2, -0.15) is 0 Å². The monoisotopic (exact) mass is 751 g/mol. The highest BCUT2D eigenvalue weighted by atomic mass is 15.1. The molecule has 0 saturated carbocycles. The summed E-state index contributed by atoms with van der Waals surface area (Å²) in [7, 11) is 0. The minimum atomic E-state index is 1.10. The molecule has 0 aliphatic heterocycles. The molecule has 0 unspecified atom stereocenters. The van der Waals surface area contributed by atoms with Crippen LogP contribution in [0.15, 0.2) is 249 Å². The van der Waals surface area contributed by atoms with Crippen molar-refractivity contribution in [2.24, 2.45) is 0 Å². The van der Waals surface area contributed by atoms with E-state index < -0.39 is 0 Å². The van der Waals surface area contributed by atoms with Crippen LogP contribution >= 0.6 is 0 Å². The Balaban J connectivity index is 1.20. The van der Waals surface area contributed by atoms with Crippen molar-refractivity contribution in [2.75, 3.05) is 4.90 Å². The van der Waals surface area contributed by atoms with Gasteiger partial charge in [0.05, 0.1) is 17.1 Å². The highest BCUT2D eigenvalue weighted by Gasteiger charge is 2.24. The fourth-order valence-electron chi connectivity index (χ4n) is 8.48. The normalized spacial score (nSPS) is 11.1. The molecule has 0 radical (unpaired) electrons. The van der Waals surface area contributed by atoms with Crippen LogP contribution in [0.25, 0.3) is 77.5 Å². The van der Waals surface area contributed by atoms with Gasteiger partial charge in [0.2, 0.25) is 0 Å². The van der Waals surface area contributed by atoms with Gasteiger partial charge in [-0.1, -0.05) is 231 Å². The van der Waals surface area contributed by atoms with Crippen LogP contribution in [0.3, 0.4) is 0 Å². The van der Waals surface area contributed by atoms with Crippen LogP contribution in [0, 0.1) is 0 Å². The molecule has 10 aromatic carbocycles. The molecule has 0 bridgehead atoms. The van der Waals surface area contributed by atoms with Gasteiger partial charge >= 0.3 is 0 Å². The summed E-state index contributed by atoms with van der Waals surface area (Å²) in [5.41, 5.74) is 17.5. The molecule has 0 saturated heterocycles. The first-order chi connectivity index (χ1) is 29.3. The summed E-state index contributed by atoms with van der Waals surface area (Å²) in [5, 5.41) is 2.45. The van der Waals surface area contributed by atoms with Crippen molar-refractivity contribution in [3.8, 4) is 66.8 Å². The Hall–Kier alpha value is -7.74. The van der Waals surface area contributed by atoms with Crippen molar-refractivity contribution < 1.29 is 0 Å². The Bertz CT molecular complexity index is 2870. The minimum absolute atomic E-state index is 1.10. The molecule has 0 atom stereocenters. The van der Waals surface area contributed by atoms with Crippen LogP contribution in [0.4, 0.5) is 17.1 Å². The molecule has 0 heterocycles. The van der Waals surface area contributed by atoms with E-state index in [1.54, 1.807) is 0 Å². The molecular formula is C58H41N. The first-order valence-corrected chi connectivity index (χ1v) is 20.3. The predicted octanol–water partition coefficient (Wildman–Crippen LogP) is 16.3. The van der Waals surface area contributed by atoms with Crippen LogP contribution in [0.2, 0.25) is 0 Å². The largest absolute Gasteiger partial charge is 0.309 e. The van der Waals surface area contributed by atoms with Crippen LogP contribution < -0.4 is 4.90 Å². The number of fused-ring (bicyclic) bond motifs is 1. The summed E-state index contributed by atoms with van der Waals surface area (Å²) in [4.78, 5) is 2.49. The molecule has 1 nitrogen and oxygen atoms in total. The van der Waals surface area contributed by atoms with E-state index in [4.69, 9.17) is 0 Å². The van der Waals surface area contributed by atoms with Gasteiger partial charge in [0, 0.05) is 16.7 Å². The van der Waals surface area contributed by atoms with Gasteiger partial charge in [0.25, 0.3) is 0 Å². The average molecular weight is 752 g/mol. The first kappa shape index (κ1) is 35.7. The molecule has 0 aliphatic carbocycles. The van der Waals surface area contributed by atoms with Gasteiger partial charge in [-0.15, -0.1) is 0 Å². The Morgan fingerprint density at radius 3 is 0.966 bits per heavy atom. The Labute approximate surface area is 346 Å². The van der Waals surface area contributed by atoms with Gasteiger partial charge in [-0.05, 0) is 79.0 Å². The highest BCUT2D eigenvalue weighted by molar-refractivity contribution is 6.09. The molecule has 0 amide bonds. The van der Waals surface area contributed by atoms with Gasteiger partial charge in [0.15, 0.2) is 0 Å². The van der Waals surface area contributed by atoms with E-state index in [1.807, 2.05) is 0 Å². The van der Waals surface area contributed by atoms with Crippen LogP contribution in [-0.4, -0.2) is 0 Å². The smallest absolute Gasteiger partial charge is 0.0540 e. The minimum Gasteiger partial charge on any atom is -0.309 e. The summed E-state index contributed by atoms with van der Waals surface area (Å²) >= 11 is 0. The highest BCUT2D eigenvalue weighted by Crippen LogP contribution is 2.49. The van der Waals surface area contributed by atoms with Crippen molar-refractivity contribution in [3.05, 3.63) is 249 Å². The van der Waals surface area contributed by atoms with Crippen LogP contribution in [0.5, 0.6) is 0 Å². The third kappa shape index (κ3) is 7.01. The molecule has 0 aliphatic rings. The molecule has 0 spiro atoms. The van der Waals surface area contributed by atoms with Gasteiger partial charge in [-0.25, -0.2) is 0 Å². The number of benzene rings is 10. The number of anilines is 3. The van der Waals surface area contributed by atoms with Crippen molar-refractivity contribution in [3.63, 3.8) is 0 Å². The second kappa shape index (κ2) is 16.0. The average Bonchev–Trinajstić information content (AvgIpc) is 3.33. The molecule has 59 heavy (non-hydrogen) atoms. The van der Waals surface area contributed by atoms with E-state index in [0.29, 0.717) is 0 Å². The lowest BCUT2D eigenvalue weighted by molar-refractivity contribution is 1.28. The van der Waals surface area contributed by atoms with Crippen molar-refractivity contribution in [2.45, 2.75) is 0 Å². The number of nitrogens with zero attached hydrogens (tertiary/aromatic N) is 1. The van der Waals surface area contributed by atoms with Gasteiger partial charge < -0.3 is 4.90 Å². The van der Waals surface area contributed by atoms with Crippen molar-refractivity contribution >= 4 is 27.8 Å². The van der Waals surface area contributed by atoms with E-state index in [1.165, 1.54) is 49.7 Å². The number of hydrogen-bond acceptors (Lipinski definition) is 1. The lowest BCUT2D eigenvalue weighted by atomic mass is 9.90. The molecular weight excluding hydrogens is 711 g/mol. The standard InChI is InChI=1S/C58H41N/c1-4-18-42(19-5-1)44-34-38-47(39-35-44)50-26-10-13-31-55(50)59(56-32-14-11-27-51(56)48-40-36-45(37-41-48)43-20-6-2-7-21-43)57-33-15-12-28-53(57)54-30-17-25-49-24-16-29-52(58(49)54)46-22-8-3-9-23-46/h1-41H. The quantitative estimate of drug-likeness (QED) is 0.142. The van der Waals surface area contributed by atoms with E-state index in [9.17, 15) is 0 Å². The van der Waals surface area contributed by atoms with Gasteiger partial charge in [0.1, 0.15) is 0 Å². The Morgan fingerprint density at radius 1 is 0.186 bits per heavy atom. The summed E-state index contributed by atoms with van der Waals surface area (Å²) in [6, 6.07) is 89.9. The van der Waals surface area contributed by atoms with E-state index >= 15 is 0 Å². The van der Waals surface area contributed by atoms with Crippen molar-refractivity contribution in [1.82, 2.24) is 0 Å². The number of para-hydroxylation sites is 3. The zero-order chi connectivity index (χ0) is 39.4. The summed E-state index contributed by atoms with van der Waals surface area (Å²) in [5.74, 6) is 0. The second-order valence-corrected chi connectivity index (χ2v) is 14.8. The summed E-state index contributed by atoms with van der Waals surface area (Å²) in [6.45, 7) is 0. The maximum atomic E-state index is 2.49. The van der Waals surface area contributed by atoms with E-state index in [2.05, 4.69) is 254 Å². The topological polar surface area (TPSA) is 3.24 Å². The molecule has 0 N–H and O–H groups in total. The van der Waals surface area contributed by atoms with Crippen molar-refractivity contribution in [1.29, 1.82) is 0 Å². The number of hydrogen-bond donors (Lipinski definition) is 0. The van der Waals surface area contributed by atoms with E-state index in [0.717, 1.165) is 44.9 Å². The molecule has 10 rings (SSSR count). The zero-order valence-electron chi connectivity index (χ0n) is 32.6. The lowest BCUT2D eigenvalue weighted by Gasteiger charge is -2.32. The SMILES string of the molecule is c1ccc(-c2ccc(-c3ccccc3N(c3ccccc3-c3ccc(-c4ccccc4)cc3)c3ccccc3-c3cccc4cccc(-c5ccccc5)c34)cc2)cc1. The fraction of sp³-hybridized carbons (Fsp3) is 0. The molecule has 10 aromatic rings.